The average molecular weight is 530 g/mol. The second kappa shape index (κ2) is 15.4. The van der Waals surface area contributed by atoms with Crippen molar-refractivity contribution in [3.63, 3.8) is 0 Å². The molecule has 208 valence electrons. The van der Waals surface area contributed by atoms with E-state index in [1.54, 1.807) is 0 Å². The molecule has 39 heavy (non-hydrogen) atoms. The van der Waals surface area contributed by atoms with Gasteiger partial charge in [-0.25, -0.2) is 0 Å². The monoisotopic (exact) mass is 529 g/mol. The molecule has 1 fully saturated rings. The van der Waals surface area contributed by atoms with Gasteiger partial charge in [-0.15, -0.1) is 0 Å². The number of benzene rings is 3. The van der Waals surface area contributed by atoms with Crippen molar-refractivity contribution in [2.75, 3.05) is 18.5 Å². The van der Waals surface area contributed by atoms with Gasteiger partial charge in [0, 0.05) is 23.2 Å². The zero-order valence-corrected chi connectivity index (χ0v) is 23.3. The second-order valence-electron chi connectivity index (χ2n) is 10.4. The summed E-state index contributed by atoms with van der Waals surface area (Å²) in [6.45, 7) is 3.35. The minimum Gasteiger partial charge on any atom is -0.494 e. The van der Waals surface area contributed by atoms with Crippen molar-refractivity contribution in [3.05, 3.63) is 96.1 Å². The zero-order chi connectivity index (χ0) is 27.2. The van der Waals surface area contributed by atoms with Crippen LogP contribution in [0.15, 0.2) is 84.9 Å². The highest BCUT2D eigenvalue weighted by molar-refractivity contribution is 5.90. The number of anilines is 1. The molecule has 5 nitrogen and oxygen atoms in total. The van der Waals surface area contributed by atoms with Crippen molar-refractivity contribution in [3.8, 4) is 5.75 Å². The van der Waals surface area contributed by atoms with Crippen LogP contribution in [0.25, 0.3) is 0 Å². The Hall–Kier alpha value is -3.15. The highest BCUT2D eigenvalue weighted by Gasteiger charge is 2.43. The summed E-state index contributed by atoms with van der Waals surface area (Å²) >= 11 is 0. The van der Waals surface area contributed by atoms with Crippen LogP contribution < -0.4 is 10.1 Å². The quantitative estimate of drug-likeness (QED) is 0.190. The Kier molecular flexibility index (Phi) is 11.4. The first-order valence-electron chi connectivity index (χ1n) is 14.6. The molecule has 0 aromatic heterocycles. The Morgan fingerprint density at radius 2 is 1.33 bits per heavy atom. The molecular weight excluding hydrogens is 486 g/mol. The molecule has 0 aliphatic carbocycles. The van der Waals surface area contributed by atoms with E-state index in [4.69, 9.17) is 14.2 Å². The molecule has 1 N–H and O–H groups in total. The van der Waals surface area contributed by atoms with Crippen molar-refractivity contribution < 1.29 is 19.0 Å². The molecule has 5 heteroatoms. The van der Waals surface area contributed by atoms with Crippen LogP contribution in [0.4, 0.5) is 5.69 Å². The van der Waals surface area contributed by atoms with E-state index in [-0.39, 0.29) is 12.0 Å². The van der Waals surface area contributed by atoms with Crippen LogP contribution in [0.5, 0.6) is 5.75 Å². The number of carbonyl (C=O) groups excluding carboxylic acids is 1. The molecule has 1 aliphatic rings. The van der Waals surface area contributed by atoms with Crippen LogP contribution in [-0.4, -0.2) is 25.2 Å². The molecule has 1 amide bonds. The third kappa shape index (κ3) is 8.94. The summed E-state index contributed by atoms with van der Waals surface area (Å²) in [5.74, 6) is 0.142. The number of hydrogen-bond donors (Lipinski definition) is 1. The number of unbranched alkanes of at least 4 members (excludes halogenated alkanes) is 8. The Labute approximate surface area is 233 Å². The van der Waals surface area contributed by atoms with Crippen molar-refractivity contribution in [2.24, 2.45) is 0 Å². The van der Waals surface area contributed by atoms with Gasteiger partial charge in [-0.3, -0.25) is 4.79 Å². The summed E-state index contributed by atoms with van der Waals surface area (Å²) in [5.41, 5.74) is 2.87. The van der Waals surface area contributed by atoms with E-state index in [0.717, 1.165) is 48.4 Å². The lowest BCUT2D eigenvalue weighted by molar-refractivity contribution is -0.140. The van der Waals surface area contributed by atoms with E-state index in [1.807, 2.05) is 67.6 Å². The van der Waals surface area contributed by atoms with E-state index < -0.39 is 5.79 Å². The van der Waals surface area contributed by atoms with Crippen molar-refractivity contribution in [1.29, 1.82) is 0 Å². The van der Waals surface area contributed by atoms with Crippen LogP contribution in [0.1, 0.15) is 82.3 Å². The van der Waals surface area contributed by atoms with Gasteiger partial charge in [-0.2, -0.15) is 0 Å². The van der Waals surface area contributed by atoms with Gasteiger partial charge in [0.1, 0.15) is 5.75 Å². The highest BCUT2D eigenvalue weighted by atomic mass is 16.7. The molecule has 3 aromatic rings. The highest BCUT2D eigenvalue weighted by Crippen LogP contribution is 2.40. The smallest absolute Gasteiger partial charge is 0.224 e. The fraction of sp³-hybridized carbons (Fsp3) is 0.441. The maximum Gasteiger partial charge on any atom is 0.224 e. The third-order valence-electron chi connectivity index (χ3n) is 7.15. The average Bonchev–Trinajstić information content (AvgIpc) is 3.37. The summed E-state index contributed by atoms with van der Waals surface area (Å²) in [6, 6.07) is 27.9. The third-order valence-corrected chi connectivity index (χ3v) is 7.15. The van der Waals surface area contributed by atoms with Crippen LogP contribution in [0.2, 0.25) is 0 Å². The lowest BCUT2D eigenvalue weighted by atomic mass is 9.97. The number of ether oxygens (including phenoxy) is 3. The number of amides is 1. The molecule has 0 saturated carbocycles. The van der Waals surface area contributed by atoms with Crippen molar-refractivity contribution in [1.82, 2.24) is 0 Å². The Morgan fingerprint density at radius 1 is 0.769 bits per heavy atom. The molecule has 1 heterocycles. The van der Waals surface area contributed by atoms with E-state index >= 15 is 0 Å². The van der Waals surface area contributed by atoms with Crippen LogP contribution >= 0.6 is 0 Å². The number of nitrogens with one attached hydrogen (secondary N) is 1. The van der Waals surface area contributed by atoms with E-state index in [2.05, 4.69) is 29.6 Å². The summed E-state index contributed by atoms with van der Waals surface area (Å²) in [5, 5.41) is 2.95. The molecule has 0 bridgehead atoms. The van der Waals surface area contributed by atoms with Gasteiger partial charge in [0.2, 0.25) is 11.7 Å². The molecule has 0 spiro atoms. The molecular formula is C34H43NO4. The SMILES string of the molecule is CC1COC(c2ccccc2)(c2ccc(OCCCCCCCCCCCC(=O)Nc3ccccc3)cc2)O1. The first-order valence-corrected chi connectivity index (χ1v) is 14.6. The first-order chi connectivity index (χ1) is 19.2. The lowest BCUT2D eigenvalue weighted by Crippen LogP contribution is -2.29. The second-order valence-corrected chi connectivity index (χ2v) is 10.4. The Balaban J connectivity index is 1.03. The Morgan fingerprint density at radius 3 is 1.95 bits per heavy atom. The molecule has 2 unspecified atom stereocenters. The van der Waals surface area contributed by atoms with Gasteiger partial charge >= 0.3 is 0 Å². The topological polar surface area (TPSA) is 56.8 Å². The Bertz CT molecular complexity index is 1100. The van der Waals surface area contributed by atoms with Gasteiger partial charge in [0.05, 0.1) is 19.3 Å². The fourth-order valence-electron chi connectivity index (χ4n) is 5.04. The molecule has 2 atom stereocenters. The maximum atomic E-state index is 12.0. The van der Waals surface area contributed by atoms with Crippen LogP contribution in [0, 0.1) is 0 Å². The van der Waals surface area contributed by atoms with Crippen LogP contribution in [0.3, 0.4) is 0 Å². The minimum absolute atomic E-state index is 0.0412. The maximum absolute atomic E-state index is 12.0. The van der Waals surface area contributed by atoms with Gasteiger partial charge in [-0.05, 0) is 56.2 Å². The van der Waals surface area contributed by atoms with Gasteiger partial charge in [-0.1, -0.05) is 93.5 Å². The van der Waals surface area contributed by atoms with E-state index in [1.165, 1.54) is 38.5 Å². The first kappa shape index (κ1) is 28.8. The molecule has 3 aromatic carbocycles. The number of carbonyl (C=O) groups is 1. The fourth-order valence-corrected chi connectivity index (χ4v) is 5.04. The number of para-hydroxylation sites is 1. The minimum atomic E-state index is -0.851. The molecule has 1 saturated heterocycles. The molecule has 1 aliphatic heterocycles. The van der Waals surface area contributed by atoms with Gasteiger partial charge in [0.25, 0.3) is 0 Å². The lowest BCUT2D eigenvalue weighted by Gasteiger charge is -2.29. The summed E-state index contributed by atoms with van der Waals surface area (Å²) in [4.78, 5) is 12.0. The largest absolute Gasteiger partial charge is 0.494 e. The zero-order valence-electron chi connectivity index (χ0n) is 23.3. The van der Waals surface area contributed by atoms with E-state index in [0.29, 0.717) is 13.0 Å². The van der Waals surface area contributed by atoms with E-state index in [9.17, 15) is 4.79 Å². The van der Waals surface area contributed by atoms with Crippen LogP contribution in [-0.2, 0) is 20.1 Å². The van der Waals surface area contributed by atoms with Gasteiger partial charge < -0.3 is 19.5 Å². The summed E-state index contributed by atoms with van der Waals surface area (Å²) < 4.78 is 18.5. The number of rotatable bonds is 16. The summed E-state index contributed by atoms with van der Waals surface area (Å²) in [7, 11) is 0. The normalized spacial score (nSPS) is 18.6. The molecule has 4 rings (SSSR count). The standard InChI is InChI=1S/C34H43NO4/c1-28-27-38-34(39-28,29-17-11-9-12-18-29)30-22-24-32(25-23-30)37-26-16-8-6-4-2-3-5-7-15-21-33(36)35-31-19-13-10-14-20-31/h9-14,17-20,22-25,28H,2-8,15-16,21,26-27H2,1H3,(H,35,36). The summed E-state index contributed by atoms with van der Waals surface area (Å²) in [6.07, 6.45) is 11.2. The predicted octanol–water partition coefficient (Wildman–Crippen LogP) is 8.24. The van der Waals surface area contributed by atoms with Crippen molar-refractivity contribution in [2.45, 2.75) is 83.0 Å². The van der Waals surface area contributed by atoms with Gasteiger partial charge in [0.15, 0.2) is 0 Å². The molecule has 0 radical (unpaired) electrons. The number of hydrogen-bond acceptors (Lipinski definition) is 4. The predicted molar refractivity (Wildman–Crippen MR) is 157 cm³/mol. The van der Waals surface area contributed by atoms with Crippen molar-refractivity contribution >= 4 is 11.6 Å².